The van der Waals surface area contributed by atoms with Gasteiger partial charge in [0.15, 0.2) is 0 Å². The highest BCUT2D eigenvalue weighted by molar-refractivity contribution is 14.1. The van der Waals surface area contributed by atoms with Crippen LogP contribution in [0.3, 0.4) is 0 Å². The van der Waals surface area contributed by atoms with Gasteiger partial charge in [0, 0.05) is 30.5 Å². The number of carbonyl (C=O) groups excluding carboxylic acids is 1. The minimum atomic E-state index is -1.17. The van der Waals surface area contributed by atoms with Crippen molar-refractivity contribution < 1.29 is 24.5 Å². The molecule has 5 N–H and O–H groups in total. The van der Waals surface area contributed by atoms with Crippen molar-refractivity contribution in [2.45, 2.75) is 114 Å². The smallest absolute Gasteiger partial charge is 0.224 e. The molecule has 286 valence electrons. The molecule has 7 atom stereocenters. The van der Waals surface area contributed by atoms with Crippen molar-refractivity contribution in [3.05, 3.63) is 65.9 Å². The van der Waals surface area contributed by atoms with E-state index in [-0.39, 0.29) is 34.0 Å². The van der Waals surface area contributed by atoms with E-state index < -0.39 is 18.7 Å². The molecule has 0 aliphatic carbocycles. The Balaban J connectivity index is 1.05. The number of likely N-dealkylation sites (tertiary alicyclic amines) is 2. The number of benzene rings is 3. The first kappa shape index (κ1) is 37.3. The number of rotatable bonds is 11. The number of carbonyl (C=O) groups is 1. The van der Waals surface area contributed by atoms with Crippen molar-refractivity contribution in [1.29, 1.82) is 0 Å². The van der Waals surface area contributed by atoms with Crippen LogP contribution in [0.5, 0.6) is 5.75 Å². The third-order valence-electron chi connectivity index (χ3n) is 11.6. The molecule has 3 aromatic carbocycles. The molecule has 0 bridgehead atoms. The van der Waals surface area contributed by atoms with Gasteiger partial charge in [-0.15, -0.1) is 0 Å². The Morgan fingerprint density at radius 2 is 1.87 bits per heavy atom. The quantitative estimate of drug-likeness (QED) is 0.0400. The molecular formula is C41H50IN7O5. The summed E-state index contributed by atoms with van der Waals surface area (Å²) in [4.78, 5) is 34.2. The number of nitrogens with one attached hydrogen (secondary N) is 3. The molecule has 3 aliphatic heterocycles. The van der Waals surface area contributed by atoms with Gasteiger partial charge in [-0.1, -0.05) is 61.6 Å². The summed E-state index contributed by atoms with van der Waals surface area (Å²) >= 11 is 2.39. The third kappa shape index (κ3) is 6.70. The van der Waals surface area contributed by atoms with Crippen molar-refractivity contribution >= 4 is 50.3 Å². The summed E-state index contributed by atoms with van der Waals surface area (Å²) in [5.41, 5.74) is 7.07. The number of nitrogens with zero attached hydrogens (tertiary/aromatic N) is 4. The van der Waals surface area contributed by atoms with Gasteiger partial charge >= 0.3 is 0 Å². The number of fused-ring (bicyclic) bond motifs is 6. The lowest BCUT2D eigenvalue weighted by Gasteiger charge is -2.39. The average molecular weight is 848 g/mol. The molecule has 13 heteroatoms. The van der Waals surface area contributed by atoms with Gasteiger partial charge < -0.3 is 34.6 Å². The standard InChI is InChI=1S/C41H50IN7O5/c1-6-7-35(50)49-32(14-15-34(49)42)39-44-29-12-10-23-17-28-26-11-9-24(16-25(26)20-54-33(28)18-27(23)37(29)46-39)30-19-43-38(45-30)31-13-8-22(4)48(31)40(51)36(21(2)3)47-41(52)53-5/h9-12,16-19,21-22,31-32,34,36,40-41,47,51-52H,6-8,13-15,20H2,1-5H3,(H,43,45)(H,44,46)/t22-,31-,32-,34+,36-,40?,41?/m0/s1. The Kier molecular flexibility index (Phi) is 10.5. The van der Waals surface area contributed by atoms with E-state index in [1.165, 1.54) is 7.11 Å². The Morgan fingerprint density at radius 1 is 1.06 bits per heavy atom. The van der Waals surface area contributed by atoms with Crippen LogP contribution in [0, 0.1) is 5.92 Å². The van der Waals surface area contributed by atoms with E-state index in [1.807, 2.05) is 31.9 Å². The summed E-state index contributed by atoms with van der Waals surface area (Å²) in [6, 6.07) is 14.6. The second-order valence-electron chi connectivity index (χ2n) is 15.4. The summed E-state index contributed by atoms with van der Waals surface area (Å²) < 4.78 is 11.6. The molecule has 1 amide bonds. The molecule has 12 nitrogen and oxygen atoms in total. The van der Waals surface area contributed by atoms with Crippen molar-refractivity contribution in [2.24, 2.45) is 5.92 Å². The van der Waals surface area contributed by atoms with Gasteiger partial charge in [0.1, 0.15) is 30.2 Å². The maximum atomic E-state index is 13.0. The second-order valence-corrected chi connectivity index (χ2v) is 16.8. The lowest BCUT2D eigenvalue weighted by molar-refractivity contribution is -0.136. The Labute approximate surface area is 329 Å². The summed E-state index contributed by atoms with van der Waals surface area (Å²) in [6.07, 6.45) is 4.88. The van der Waals surface area contributed by atoms with Gasteiger partial charge in [-0.2, -0.15) is 0 Å². The number of imidazole rings is 2. The van der Waals surface area contributed by atoms with Crippen LogP contribution in [0.2, 0.25) is 0 Å². The number of alkyl halides is 1. The zero-order valence-corrected chi connectivity index (χ0v) is 33.6. The monoisotopic (exact) mass is 847 g/mol. The Morgan fingerprint density at radius 3 is 2.65 bits per heavy atom. The SMILES string of the molecule is CCCC(=O)N1[C@@H](I)CC[C@H]1c1nc2ccc3cc4c(cc3c2[nH]1)OCc1cc(-c2cnc([C@@H]3CC[C@H](C)N3C(O)[C@@H](NC(O)OC)C(C)C)[nH]2)ccc1-4. The van der Waals surface area contributed by atoms with Gasteiger partial charge in [-0.05, 0) is 91.3 Å². The molecule has 54 heavy (non-hydrogen) atoms. The van der Waals surface area contributed by atoms with Gasteiger partial charge in [0.05, 0.1) is 45.1 Å². The second kappa shape index (κ2) is 15.1. The number of aliphatic hydroxyl groups excluding tert-OH is 2. The number of hydrogen-bond acceptors (Lipinski definition) is 9. The predicted octanol–water partition coefficient (Wildman–Crippen LogP) is 7.27. The molecule has 8 rings (SSSR count). The van der Waals surface area contributed by atoms with Crippen LogP contribution in [0.15, 0.2) is 48.7 Å². The molecular weight excluding hydrogens is 797 g/mol. The fourth-order valence-corrected chi connectivity index (χ4v) is 9.83. The fourth-order valence-electron chi connectivity index (χ4n) is 8.77. The highest BCUT2D eigenvalue weighted by atomic mass is 127. The van der Waals surface area contributed by atoms with E-state index in [9.17, 15) is 15.0 Å². The van der Waals surface area contributed by atoms with Crippen molar-refractivity contribution in [2.75, 3.05) is 7.11 Å². The minimum absolute atomic E-state index is 0.0443. The van der Waals surface area contributed by atoms with Crippen LogP contribution in [-0.2, 0) is 16.1 Å². The number of halogens is 1. The molecule has 5 heterocycles. The van der Waals surface area contributed by atoms with Gasteiger partial charge in [-0.25, -0.2) is 9.97 Å². The summed E-state index contributed by atoms with van der Waals surface area (Å²) in [6.45, 7) is 8.64. The fraction of sp³-hybridized carbons (Fsp3) is 0.488. The first-order chi connectivity index (χ1) is 26.1. The highest BCUT2D eigenvalue weighted by Gasteiger charge is 2.42. The van der Waals surface area contributed by atoms with Crippen LogP contribution in [0.1, 0.15) is 95.5 Å². The number of aromatic amines is 2. The van der Waals surface area contributed by atoms with Crippen LogP contribution >= 0.6 is 22.6 Å². The molecule has 2 saturated heterocycles. The lowest BCUT2D eigenvalue weighted by atomic mass is 9.92. The van der Waals surface area contributed by atoms with Crippen molar-refractivity contribution in [1.82, 2.24) is 35.1 Å². The maximum Gasteiger partial charge on any atom is 0.224 e. The number of H-pyrrole nitrogens is 2. The summed E-state index contributed by atoms with van der Waals surface area (Å²) in [5, 5.41) is 26.9. The molecule has 2 unspecified atom stereocenters. The average Bonchev–Trinajstić information content (AvgIpc) is 3.98. The summed E-state index contributed by atoms with van der Waals surface area (Å²) in [7, 11) is 1.43. The number of aliphatic hydroxyl groups is 2. The minimum Gasteiger partial charge on any atom is -0.488 e. The van der Waals surface area contributed by atoms with Crippen LogP contribution < -0.4 is 10.1 Å². The van der Waals surface area contributed by atoms with E-state index in [0.29, 0.717) is 13.0 Å². The van der Waals surface area contributed by atoms with Gasteiger partial charge in [0.25, 0.3) is 0 Å². The van der Waals surface area contributed by atoms with Crippen molar-refractivity contribution in [3.63, 3.8) is 0 Å². The highest BCUT2D eigenvalue weighted by Crippen LogP contribution is 2.44. The topological polar surface area (TPSA) is 152 Å². The molecule has 5 aromatic rings. The normalized spacial score (nSPS) is 23.2. The van der Waals surface area contributed by atoms with E-state index in [2.05, 4.69) is 92.2 Å². The molecule has 0 radical (unpaired) electrons. The van der Waals surface area contributed by atoms with E-state index in [1.54, 1.807) is 0 Å². The van der Waals surface area contributed by atoms with Gasteiger partial charge in [-0.3, -0.25) is 15.0 Å². The molecule has 3 aliphatic rings. The van der Waals surface area contributed by atoms with E-state index in [4.69, 9.17) is 19.4 Å². The Hall–Kier alpha value is -3.60. The molecule has 0 spiro atoms. The molecule has 2 aromatic heterocycles. The largest absolute Gasteiger partial charge is 0.488 e. The first-order valence-corrected chi connectivity index (χ1v) is 20.5. The van der Waals surface area contributed by atoms with Crippen LogP contribution in [0.4, 0.5) is 0 Å². The predicted molar refractivity (Wildman–Crippen MR) is 217 cm³/mol. The van der Waals surface area contributed by atoms with E-state index in [0.717, 1.165) is 99.3 Å². The molecule has 0 saturated carbocycles. The number of hydrogen-bond donors (Lipinski definition) is 5. The van der Waals surface area contributed by atoms with Crippen LogP contribution in [-0.4, -0.2) is 81.7 Å². The maximum absolute atomic E-state index is 13.0. The summed E-state index contributed by atoms with van der Waals surface area (Å²) in [5.74, 6) is 2.74. The zero-order valence-electron chi connectivity index (χ0n) is 31.5. The van der Waals surface area contributed by atoms with Crippen molar-refractivity contribution in [3.8, 4) is 28.1 Å². The Bertz CT molecular complexity index is 2170. The first-order valence-electron chi connectivity index (χ1n) is 19.2. The number of methoxy groups -OCH3 is 1. The number of amides is 1. The third-order valence-corrected chi connectivity index (χ3v) is 12.8. The lowest BCUT2D eigenvalue weighted by Crippen LogP contribution is -2.56. The van der Waals surface area contributed by atoms with Crippen LogP contribution in [0.25, 0.3) is 44.2 Å². The van der Waals surface area contributed by atoms with E-state index >= 15 is 0 Å². The van der Waals surface area contributed by atoms with Gasteiger partial charge in [0.2, 0.25) is 12.3 Å². The zero-order chi connectivity index (χ0) is 37.8. The molecule has 2 fully saturated rings. The number of aromatic nitrogens is 4. The number of ether oxygens (including phenoxy) is 2.